The molecule has 0 aliphatic carbocycles. The second kappa shape index (κ2) is 11.9. The van der Waals surface area contributed by atoms with Crippen LogP contribution in [0.5, 0.6) is 0 Å². The number of halogens is 2. The number of guanidine groups is 1. The third-order valence-corrected chi connectivity index (χ3v) is 4.78. The first kappa shape index (κ1) is 22.5. The van der Waals surface area contributed by atoms with Gasteiger partial charge in [-0.3, -0.25) is 4.99 Å². The summed E-state index contributed by atoms with van der Waals surface area (Å²) in [5, 5.41) is 16.1. The largest absolute Gasteiger partial charge is 0.385 e. The van der Waals surface area contributed by atoms with Crippen LogP contribution in [0.15, 0.2) is 29.5 Å². The van der Waals surface area contributed by atoms with Gasteiger partial charge in [0.05, 0.1) is 6.04 Å². The van der Waals surface area contributed by atoms with Crippen LogP contribution < -0.4 is 10.6 Å². The van der Waals surface area contributed by atoms with E-state index in [9.17, 15) is 0 Å². The molecule has 0 spiro atoms. The van der Waals surface area contributed by atoms with Gasteiger partial charge in [-0.25, -0.2) is 0 Å². The highest BCUT2D eigenvalue weighted by atomic mass is 35.5. The predicted octanol–water partition coefficient (Wildman–Crippen LogP) is 3.48. The normalized spacial score (nSPS) is 12.8. The van der Waals surface area contributed by atoms with Crippen LogP contribution in [-0.2, 0) is 17.7 Å². The molecule has 1 aromatic carbocycles. The maximum Gasteiger partial charge on any atom is 0.191 e. The topological polar surface area (TPSA) is 76.4 Å². The van der Waals surface area contributed by atoms with Crippen LogP contribution >= 0.6 is 23.2 Å². The third kappa shape index (κ3) is 6.96. The number of rotatable bonds is 10. The van der Waals surface area contributed by atoms with E-state index in [1.54, 1.807) is 19.5 Å². The summed E-state index contributed by atoms with van der Waals surface area (Å²) < 4.78 is 7.14. The molecule has 0 saturated heterocycles. The highest BCUT2D eigenvalue weighted by Gasteiger charge is 2.12. The van der Waals surface area contributed by atoms with Crippen molar-refractivity contribution in [1.29, 1.82) is 0 Å². The minimum absolute atomic E-state index is 0.0282. The summed E-state index contributed by atoms with van der Waals surface area (Å²) in [6, 6.07) is 5.48. The average Bonchev–Trinajstić information content (AvgIpc) is 3.12. The maximum atomic E-state index is 6.34. The van der Waals surface area contributed by atoms with Gasteiger partial charge in [0.2, 0.25) is 0 Å². The molecule has 2 rings (SSSR count). The monoisotopic (exact) mass is 426 g/mol. The molecule has 28 heavy (non-hydrogen) atoms. The summed E-state index contributed by atoms with van der Waals surface area (Å²) >= 11 is 12.3. The number of ether oxygens (including phenoxy) is 1. The van der Waals surface area contributed by atoms with Crippen LogP contribution in [0.1, 0.15) is 37.7 Å². The summed E-state index contributed by atoms with van der Waals surface area (Å²) in [6.45, 7) is 6.90. The molecule has 0 saturated carbocycles. The van der Waals surface area contributed by atoms with Crippen LogP contribution in [0, 0.1) is 0 Å². The Morgan fingerprint density at radius 3 is 2.89 bits per heavy atom. The van der Waals surface area contributed by atoms with Crippen molar-refractivity contribution in [2.24, 2.45) is 4.99 Å². The summed E-state index contributed by atoms with van der Waals surface area (Å²) in [4.78, 5) is 4.64. The Morgan fingerprint density at radius 2 is 2.18 bits per heavy atom. The van der Waals surface area contributed by atoms with Gasteiger partial charge in [0.15, 0.2) is 5.96 Å². The maximum absolute atomic E-state index is 6.34. The number of aromatic nitrogens is 3. The van der Waals surface area contributed by atoms with Gasteiger partial charge < -0.3 is 19.9 Å². The van der Waals surface area contributed by atoms with Gasteiger partial charge in [-0.05, 0) is 31.0 Å². The number of benzene rings is 1. The molecule has 0 aliphatic rings. The van der Waals surface area contributed by atoms with Gasteiger partial charge in [-0.1, -0.05) is 36.2 Å². The number of hydrogen-bond donors (Lipinski definition) is 2. The zero-order valence-electron chi connectivity index (χ0n) is 16.6. The van der Waals surface area contributed by atoms with Gasteiger partial charge in [0, 0.05) is 49.8 Å². The van der Waals surface area contributed by atoms with Crippen molar-refractivity contribution in [2.45, 2.75) is 39.3 Å². The van der Waals surface area contributed by atoms with Crippen LogP contribution in [0.25, 0.3) is 0 Å². The van der Waals surface area contributed by atoms with Crippen molar-refractivity contribution in [1.82, 2.24) is 25.4 Å². The van der Waals surface area contributed by atoms with Crippen LogP contribution in [0.4, 0.5) is 0 Å². The number of hydrogen-bond acceptors (Lipinski definition) is 4. The van der Waals surface area contributed by atoms with Crippen molar-refractivity contribution in [3.05, 3.63) is 46.0 Å². The zero-order chi connectivity index (χ0) is 20.4. The molecule has 1 unspecified atom stereocenters. The number of nitrogens with one attached hydrogen (secondary N) is 2. The predicted molar refractivity (Wildman–Crippen MR) is 114 cm³/mol. The van der Waals surface area contributed by atoms with E-state index in [-0.39, 0.29) is 6.04 Å². The fourth-order valence-corrected chi connectivity index (χ4v) is 3.29. The van der Waals surface area contributed by atoms with Gasteiger partial charge in [0.25, 0.3) is 0 Å². The Kier molecular flexibility index (Phi) is 9.54. The Bertz CT molecular complexity index is 765. The highest BCUT2D eigenvalue weighted by Crippen LogP contribution is 2.25. The average molecular weight is 427 g/mol. The molecule has 7 nitrogen and oxygen atoms in total. The van der Waals surface area contributed by atoms with Crippen LogP contribution in [0.3, 0.4) is 0 Å². The third-order valence-electron chi connectivity index (χ3n) is 4.22. The lowest BCUT2D eigenvalue weighted by Gasteiger charge is -2.20. The fourth-order valence-electron chi connectivity index (χ4n) is 2.72. The van der Waals surface area contributed by atoms with E-state index in [0.29, 0.717) is 29.7 Å². The minimum Gasteiger partial charge on any atom is -0.385 e. The quantitative estimate of drug-likeness (QED) is 0.345. The molecule has 0 aliphatic heterocycles. The standard InChI is InChI=1S/C19H28Cl2N6O/c1-4-18-26-24-13-27(18)10-9-23-19(22-8-5-11-28-3)25-14(2)16-7-6-15(20)12-17(16)21/h6-7,12-14H,4-5,8-11H2,1-3H3,(H2,22,23,25). The molecule has 0 fully saturated rings. The van der Waals surface area contributed by atoms with Crippen molar-refractivity contribution >= 4 is 29.2 Å². The zero-order valence-corrected chi connectivity index (χ0v) is 18.1. The number of nitrogens with zero attached hydrogens (tertiary/aromatic N) is 4. The van der Waals surface area contributed by atoms with E-state index in [0.717, 1.165) is 36.7 Å². The lowest BCUT2D eigenvalue weighted by molar-refractivity contribution is 0.197. The SMILES string of the molecule is CCc1nncn1CCNC(=NCCCOC)NC(C)c1ccc(Cl)cc1Cl. The lowest BCUT2D eigenvalue weighted by Crippen LogP contribution is -2.40. The summed E-state index contributed by atoms with van der Waals surface area (Å²) in [6.07, 6.45) is 3.45. The second-order valence-corrected chi connectivity index (χ2v) is 7.17. The van der Waals surface area contributed by atoms with Crippen molar-refractivity contribution < 1.29 is 4.74 Å². The Hall–Kier alpha value is -1.83. The second-order valence-electron chi connectivity index (χ2n) is 6.33. The minimum atomic E-state index is -0.0282. The molecule has 9 heteroatoms. The summed E-state index contributed by atoms with van der Waals surface area (Å²) in [5.41, 5.74) is 0.963. The fraction of sp³-hybridized carbons (Fsp3) is 0.526. The van der Waals surface area contributed by atoms with Gasteiger partial charge in [-0.15, -0.1) is 10.2 Å². The molecule has 154 valence electrons. The van der Waals surface area contributed by atoms with E-state index in [1.165, 1.54) is 0 Å². The van der Waals surface area contributed by atoms with Crippen molar-refractivity contribution in [3.63, 3.8) is 0 Å². The smallest absolute Gasteiger partial charge is 0.191 e. The first-order chi connectivity index (χ1) is 13.5. The molecular formula is C19H28Cl2N6O. The number of methoxy groups -OCH3 is 1. The molecule has 0 bridgehead atoms. The number of aryl methyl sites for hydroxylation is 1. The van der Waals surface area contributed by atoms with Crippen molar-refractivity contribution in [3.8, 4) is 0 Å². The van der Waals surface area contributed by atoms with E-state index in [1.807, 2.05) is 23.6 Å². The van der Waals surface area contributed by atoms with E-state index >= 15 is 0 Å². The van der Waals surface area contributed by atoms with Gasteiger partial charge >= 0.3 is 0 Å². The molecule has 1 atom stereocenters. The Labute approximate surface area is 176 Å². The molecule has 2 N–H and O–H groups in total. The molecular weight excluding hydrogens is 399 g/mol. The Morgan fingerprint density at radius 1 is 1.36 bits per heavy atom. The van der Waals surface area contributed by atoms with Gasteiger partial charge in [-0.2, -0.15) is 0 Å². The van der Waals surface area contributed by atoms with E-state index in [2.05, 4.69) is 32.7 Å². The number of aliphatic imine (C=N–C) groups is 1. The lowest BCUT2D eigenvalue weighted by atomic mass is 10.1. The molecule has 1 heterocycles. The molecule has 0 amide bonds. The molecule has 1 aromatic heterocycles. The van der Waals surface area contributed by atoms with E-state index < -0.39 is 0 Å². The van der Waals surface area contributed by atoms with Crippen LogP contribution in [0.2, 0.25) is 10.0 Å². The van der Waals surface area contributed by atoms with Crippen molar-refractivity contribution in [2.75, 3.05) is 26.8 Å². The first-order valence-electron chi connectivity index (χ1n) is 9.40. The van der Waals surface area contributed by atoms with E-state index in [4.69, 9.17) is 27.9 Å². The molecule has 0 radical (unpaired) electrons. The first-order valence-corrected chi connectivity index (χ1v) is 10.2. The van der Waals surface area contributed by atoms with Crippen LogP contribution in [-0.4, -0.2) is 47.5 Å². The Balaban J connectivity index is 1.99. The summed E-state index contributed by atoms with van der Waals surface area (Å²) in [5.74, 6) is 1.69. The highest BCUT2D eigenvalue weighted by molar-refractivity contribution is 6.35. The molecule has 2 aromatic rings. The summed E-state index contributed by atoms with van der Waals surface area (Å²) in [7, 11) is 1.69. The van der Waals surface area contributed by atoms with Gasteiger partial charge in [0.1, 0.15) is 12.2 Å².